The van der Waals surface area contributed by atoms with Gasteiger partial charge < -0.3 is 14.6 Å². The molecule has 0 bridgehead atoms. The highest BCUT2D eigenvalue weighted by Crippen LogP contribution is 2.28. The fourth-order valence-electron chi connectivity index (χ4n) is 1.36. The molecule has 1 saturated heterocycles. The molecule has 1 aliphatic heterocycles. The van der Waals surface area contributed by atoms with Crippen molar-refractivity contribution in [1.82, 2.24) is 0 Å². The molecule has 0 amide bonds. The summed E-state index contributed by atoms with van der Waals surface area (Å²) in [6, 6.07) is 4.10. The topological polar surface area (TPSA) is 38.7 Å². The van der Waals surface area contributed by atoms with Gasteiger partial charge in [-0.1, -0.05) is 6.07 Å². The minimum absolute atomic E-state index is 0.0249. The second kappa shape index (κ2) is 3.55. The molecule has 4 heteroatoms. The van der Waals surface area contributed by atoms with E-state index in [4.69, 9.17) is 14.6 Å². The number of halogens is 1. The second-order valence-electron chi connectivity index (χ2n) is 3.32. The van der Waals surface area contributed by atoms with Gasteiger partial charge in [-0.3, -0.25) is 0 Å². The maximum Gasteiger partial charge on any atom is 0.184 e. The van der Waals surface area contributed by atoms with Crippen molar-refractivity contribution in [3.8, 4) is 5.75 Å². The number of phenolic OH excluding ortho intramolecular Hbond substituents is 1. The Kier molecular flexibility index (Phi) is 2.39. The minimum Gasteiger partial charge on any atom is -0.505 e. The van der Waals surface area contributed by atoms with Gasteiger partial charge in [-0.15, -0.1) is 0 Å². The van der Waals surface area contributed by atoms with Crippen molar-refractivity contribution in [3.63, 3.8) is 0 Å². The molecule has 1 heterocycles. The van der Waals surface area contributed by atoms with Crippen LogP contribution in [0.15, 0.2) is 18.2 Å². The van der Waals surface area contributed by atoms with Gasteiger partial charge in [0.05, 0.1) is 12.7 Å². The Labute approximate surface area is 81.1 Å². The summed E-state index contributed by atoms with van der Waals surface area (Å²) in [6.07, 6.45) is -0.489. The van der Waals surface area contributed by atoms with E-state index in [-0.39, 0.29) is 11.9 Å². The fourth-order valence-corrected chi connectivity index (χ4v) is 1.36. The molecule has 2 unspecified atom stereocenters. The molecule has 0 aliphatic carbocycles. The number of hydrogen-bond acceptors (Lipinski definition) is 3. The van der Waals surface area contributed by atoms with Crippen molar-refractivity contribution in [2.75, 3.05) is 6.61 Å². The highest BCUT2D eigenvalue weighted by Gasteiger charge is 2.24. The monoisotopic (exact) mass is 198 g/mol. The normalized spacial score (nSPS) is 26.7. The van der Waals surface area contributed by atoms with Crippen molar-refractivity contribution >= 4 is 0 Å². The summed E-state index contributed by atoms with van der Waals surface area (Å²) in [6.45, 7) is 2.39. The van der Waals surface area contributed by atoms with Crippen LogP contribution in [0, 0.1) is 5.82 Å². The Bertz CT molecular complexity index is 340. The minimum atomic E-state index is -0.658. The summed E-state index contributed by atoms with van der Waals surface area (Å²) in [5, 5.41) is 8.98. The van der Waals surface area contributed by atoms with E-state index in [0.717, 1.165) is 0 Å². The Morgan fingerprint density at radius 1 is 1.50 bits per heavy atom. The van der Waals surface area contributed by atoms with Gasteiger partial charge in [0.25, 0.3) is 0 Å². The van der Waals surface area contributed by atoms with E-state index in [1.165, 1.54) is 12.1 Å². The Morgan fingerprint density at radius 3 is 2.86 bits per heavy atom. The summed E-state index contributed by atoms with van der Waals surface area (Å²) in [5.74, 6) is -1.02. The molecular formula is C10H11FO3. The Hall–Kier alpha value is -1.13. The SMILES string of the molecule is CC1COC(c2ccc(O)c(F)c2)O1. The van der Waals surface area contributed by atoms with Crippen LogP contribution >= 0.6 is 0 Å². The summed E-state index contributed by atoms with van der Waals surface area (Å²) >= 11 is 0. The average Bonchev–Trinajstić information content (AvgIpc) is 2.57. The van der Waals surface area contributed by atoms with Crippen LogP contribution in [0.3, 0.4) is 0 Å². The van der Waals surface area contributed by atoms with Crippen molar-refractivity contribution in [1.29, 1.82) is 0 Å². The first-order chi connectivity index (χ1) is 6.66. The third-order valence-corrected chi connectivity index (χ3v) is 2.08. The highest BCUT2D eigenvalue weighted by molar-refractivity contribution is 5.28. The number of rotatable bonds is 1. The van der Waals surface area contributed by atoms with Gasteiger partial charge in [0.1, 0.15) is 0 Å². The van der Waals surface area contributed by atoms with E-state index < -0.39 is 12.1 Å². The zero-order chi connectivity index (χ0) is 10.1. The molecule has 3 nitrogen and oxygen atoms in total. The van der Waals surface area contributed by atoms with Crippen LogP contribution in [0.25, 0.3) is 0 Å². The first-order valence-corrected chi connectivity index (χ1v) is 4.42. The molecule has 1 fully saturated rings. The third-order valence-electron chi connectivity index (χ3n) is 2.08. The van der Waals surface area contributed by atoms with Crippen LogP contribution in [0.1, 0.15) is 18.8 Å². The summed E-state index contributed by atoms with van der Waals surface area (Å²) < 4.78 is 23.6. The molecule has 14 heavy (non-hydrogen) atoms. The van der Waals surface area contributed by atoms with Crippen LogP contribution in [0.5, 0.6) is 5.75 Å². The lowest BCUT2D eigenvalue weighted by atomic mass is 10.2. The fraction of sp³-hybridized carbons (Fsp3) is 0.400. The van der Waals surface area contributed by atoms with Gasteiger partial charge in [0, 0.05) is 5.56 Å². The van der Waals surface area contributed by atoms with E-state index in [9.17, 15) is 4.39 Å². The third kappa shape index (κ3) is 1.71. The van der Waals surface area contributed by atoms with E-state index in [1.54, 1.807) is 6.07 Å². The van der Waals surface area contributed by atoms with E-state index >= 15 is 0 Å². The molecule has 1 aromatic rings. The molecule has 0 radical (unpaired) electrons. The van der Waals surface area contributed by atoms with Crippen LogP contribution in [0.2, 0.25) is 0 Å². The second-order valence-corrected chi connectivity index (χ2v) is 3.32. The smallest absolute Gasteiger partial charge is 0.184 e. The van der Waals surface area contributed by atoms with Gasteiger partial charge in [-0.05, 0) is 19.1 Å². The Morgan fingerprint density at radius 2 is 2.29 bits per heavy atom. The lowest BCUT2D eigenvalue weighted by Gasteiger charge is -2.10. The van der Waals surface area contributed by atoms with Crippen LogP contribution in [-0.2, 0) is 9.47 Å². The van der Waals surface area contributed by atoms with Gasteiger partial charge in [0.2, 0.25) is 0 Å². The lowest BCUT2D eigenvalue weighted by Crippen LogP contribution is -2.02. The van der Waals surface area contributed by atoms with Crippen molar-refractivity contribution in [2.24, 2.45) is 0 Å². The maximum absolute atomic E-state index is 13.0. The molecule has 2 rings (SSSR count). The van der Waals surface area contributed by atoms with E-state index in [1.807, 2.05) is 6.92 Å². The number of phenols is 1. The molecular weight excluding hydrogens is 187 g/mol. The largest absolute Gasteiger partial charge is 0.505 e. The first kappa shape index (κ1) is 9.43. The van der Waals surface area contributed by atoms with Crippen LogP contribution < -0.4 is 0 Å². The van der Waals surface area contributed by atoms with Crippen LogP contribution in [0.4, 0.5) is 4.39 Å². The van der Waals surface area contributed by atoms with Crippen molar-refractivity contribution in [3.05, 3.63) is 29.6 Å². The zero-order valence-electron chi connectivity index (χ0n) is 7.74. The molecule has 0 spiro atoms. The molecule has 0 saturated carbocycles. The predicted octanol–water partition coefficient (Wildman–Crippen LogP) is 1.97. The number of benzene rings is 1. The molecule has 1 N–H and O–H groups in total. The quantitative estimate of drug-likeness (QED) is 0.749. The predicted molar refractivity (Wildman–Crippen MR) is 47.3 cm³/mol. The molecule has 76 valence electrons. The number of aromatic hydroxyl groups is 1. The number of ether oxygens (including phenoxy) is 2. The molecule has 1 aliphatic rings. The van der Waals surface area contributed by atoms with Gasteiger partial charge >= 0.3 is 0 Å². The van der Waals surface area contributed by atoms with Crippen LogP contribution in [-0.4, -0.2) is 17.8 Å². The average molecular weight is 198 g/mol. The zero-order valence-corrected chi connectivity index (χ0v) is 7.74. The van der Waals surface area contributed by atoms with Gasteiger partial charge in [-0.2, -0.15) is 0 Å². The van der Waals surface area contributed by atoms with Gasteiger partial charge in [-0.25, -0.2) is 4.39 Å². The van der Waals surface area contributed by atoms with Gasteiger partial charge in [0.15, 0.2) is 17.9 Å². The summed E-state index contributed by atoms with van der Waals surface area (Å²) in [4.78, 5) is 0. The standard InChI is InChI=1S/C10H11FO3/c1-6-5-13-10(14-6)7-2-3-9(12)8(11)4-7/h2-4,6,10,12H,5H2,1H3. The Balaban J connectivity index is 2.20. The van der Waals surface area contributed by atoms with Crippen molar-refractivity contribution < 1.29 is 19.0 Å². The maximum atomic E-state index is 13.0. The first-order valence-electron chi connectivity index (χ1n) is 4.42. The molecule has 2 atom stereocenters. The summed E-state index contributed by atoms with van der Waals surface area (Å²) in [7, 11) is 0. The number of hydrogen-bond donors (Lipinski definition) is 1. The van der Waals surface area contributed by atoms with Crippen molar-refractivity contribution in [2.45, 2.75) is 19.3 Å². The summed E-state index contributed by atoms with van der Waals surface area (Å²) in [5.41, 5.74) is 0.588. The highest BCUT2D eigenvalue weighted by atomic mass is 19.1. The lowest BCUT2D eigenvalue weighted by molar-refractivity contribution is -0.0574. The molecule has 1 aromatic carbocycles. The van der Waals surface area contributed by atoms with E-state index in [0.29, 0.717) is 12.2 Å². The molecule has 0 aromatic heterocycles. The van der Waals surface area contributed by atoms with E-state index in [2.05, 4.69) is 0 Å².